The van der Waals surface area contributed by atoms with E-state index < -0.39 is 5.97 Å². The first-order valence-electron chi connectivity index (χ1n) is 5.93. The van der Waals surface area contributed by atoms with Crippen LogP contribution in [0.15, 0.2) is 9.98 Å². The molecule has 19 heavy (non-hydrogen) atoms. The van der Waals surface area contributed by atoms with Gasteiger partial charge >= 0.3 is 12.0 Å². The highest BCUT2D eigenvalue weighted by molar-refractivity contribution is 9.11. The van der Waals surface area contributed by atoms with Gasteiger partial charge in [-0.15, -0.1) is 0 Å². The van der Waals surface area contributed by atoms with Crippen LogP contribution in [0.1, 0.15) is 19.3 Å². The number of aliphatic carboxylic acids is 1. The number of thiazole rings is 1. The molecule has 0 spiro atoms. The SMILES string of the molecule is O=C(O)CCC1CCN(C(=O)Nc2ncc(Br)s2)C1. The van der Waals surface area contributed by atoms with Crippen molar-refractivity contribution in [3.63, 3.8) is 0 Å². The van der Waals surface area contributed by atoms with Crippen LogP contribution >= 0.6 is 27.3 Å². The van der Waals surface area contributed by atoms with Crippen molar-refractivity contribution >= 4 is 44.4 Å². The summed E-state index contributed by atoms with van der Waals surface area (Å²) >= 11 is 4.64. The van der Waals surface area contributed by atoms with Crippen LogP contribution in [-0.4, -0.2) is 40.1 Å². The molecule has 0 aliphatic carbocycles. The molecule has 1 saturated heterocycles. The van der Waals surface area contributed by atoms with E-state index in [-0.39, 0.29) is 18.4 Å². The largest absolute Gasteiger partial charge is 0.481 e. The van der Waals surface area contributed by atoms with E-state index in [0.717, 1.165) is 10.2 Å². The molecule has 6 nitrogen and oxygen atoms in total. The molecule has 0 radical (unpaired) electrons. The Balaban J connectivity index is 1.80. The van der Waals surface area contributed by atoms with Crippen LogP contribution in [0, 0.1) is 5.92 Å². The van der Waals surface area contributed by atoms with Gasteiger partial charge in [-0.3, -0.25) is 10.1 Å². The molecule has 1 atom stereocenters. The third kappa shape index (κ3) is 4.17. The summed E-state index contributed by atoms with van der Waals surface area (Å²) in [4.78, 5) is 28.2. The van der Waals surface area contributed by atoms with Crippen molar-refractivity contribution in [2.75, 3.05) is 18.4 Å². The minimum atomic E-state index is -0.782. The van der Waals surface area contributed by atoms with Gasteiger partial charge in [-0.25, -0.2) is 9.78 Å². The van der Waals surface area contributed by atoms with Gasteiger partial charge in [-0.2, -0.15) is 0 Å². The molecule has 1 unspecified atom stereocenters. The Labute approximate surface area is 122 Å². The lowest BCUT2D eigenvalue weighted by atomic mass is 10.0. The zero-order valence-corrected chi connectivity index (χ0v) is 12.5. The molecule has 0 saturated carbocycles. The molecule has 2 rings (SSSR count). The smallest absolute Gasteiger partial charge is 0.323 e. The topological polar surface area (TPSA) is 82.5 Å². The average molecular weight is 348 g/mol. The Hall–Kier alpha value is -1.15. The number of carboxylic acid groups (broad SMARTS) is 1. The van der Waals surface area contributed by atoms with Crippen LogP contribution in [0.4, 0.5) is 9.93 Å². The summed E-state index contributed by atoms with van der Waals surface area (Å²) in [6.07, 6.45) is 3.30. The number of aromatic nitrogens is 1. The van der Waals surface area contributed by atoms with Gasteiger partial charge in [0.2, 0.25) is 0 Å². The first-order valence-corrected chi connectivity index (χ1v) is 7.54. The van der Waals surface area contributed by atoms with Crippen LogP contribution in [0.5, 0.6) is 0 Å². The van der Waals surface area contributed by atoms with Gasteiger partial charge in [0.15, 0.2) is 5.13 Å². The first-order chi connectivity index (χ1) is 9.04. The van der Waals surface area contributed by atoms with Gasteiger partial charge in [0.1, 0.15) is 0 Å². The summed E-state index contributed by atoms with van der Waals surface area (Å²) in [6.45, 7) is 1.29. The minimum Gasteiger partial charge on any atom is -0.481 e. The molecule has 1 aliphatic rings. The predicted octanol–water partition coefficient (Wildman–Crippen LogP) is 2.62. The summed E-state index contributed by atoms with van der Waals surface area (Å²) < 4.78 is 0.864. The fourth-order valence-electron chi connectivity index (χ4n) is 2.06. The van der Waals surface area contributed by atoms with Gasteiger partial charge in [-0.05, 0) is 34.7 Å². The number of nitrogens with one attached hydrogen (secondary N) is 1. The van der Waals surface area contributed by atoms with E-state index in [1.54, 1.807) is 11.1 Å². The van der Waals surface area contributed by atoms with Crippen molar-refractivity contribution in [3.8, 4) is 0 Å². The quantitative estimate of drug-likeness (QED) is 0.876. The van der Waals surface area contributed by atoms with E-state index >= 15 is 0 Å². The number of likely N-dealkylation sites (tertiary alicyclic amines) is 1. The lowest BCUT2D eigenvalue weighted by molar-refractivity contribution is -0.137. The predicted molar refractivity (Wildman–Crippen MR) is 75.4 cm³/mol. The number of carbonyl (C=O) groups excluding carboxylic acids is 1. The molecule has 1 aromatic rings. The van der Waals surface area contributed by atoms with E-state index in [2.05, 4.69) is 26.2 Å². The van der Waals surface area contributed by atoms with Crippen molar-refractivity contribution in [1.82, 2.24) is 9.88 Å². The molecule has 104 valence electrons. The summed E-state index contributed by atoms with van der Waals surface area (Å²) in [6, 6.07) is -0.167. The number of hydrogen-bond acceptors (Lipinski definition) is 4. The number of rotatable bonds is 4. The molecule has 2 heterocycles. The number of anilines is 1. The lowest BCUT2D eigenvalue weighted by Crippen LogP contribution is -2.33. The van der Waals surface area contributed by atoms with Crippen LogP contribution < -0.4 is 5.32 Å². The van der Waals surface area contributed by atoms with Crippen molar-refractivity contribution in [3.05, 3.63) is 9.98 Å². The standard InChI is InChI=1S/C11H14BrN3O3S/c12-8-5-13-10(19-8)14-11(18)15-4-3-7(6-15)1-2-9(16)17/h5,7H,1-4,6H2,(H,16,17)(H,13,14,18). The molecule has 8 heteroatoms. The Bertz CT molecular complexity index is 480. The number of hydrogen-bond donors (Lipinski definition) is 2. The Morgan fingerprint density at radius 2 is 2.42 bits per heavy atom. The van der Waals surface area contributed by atoms with Crippen molar-refractivity contribution < 1.29 is 14.7 Å². The second-order valence-corrected chi connectivity index (χ2v) is 6.84. The number of carbonyl (C=O) groups is 2. The van der Waals surface area contributed by atoms with Crippen LogP contribution in [0.3, 0.4) is 0 Å². The number of carboxylic acids is 1. The van der Waals surface area contributed by atoms with Crippen molar-refractivity contribution in [1.29, 1.82) is 0 Å². The van der Waals surface area contributed by atoms with E-state index in [9.17, 15) is 9.59 Å². The highest BCUT2D eigenvalue weighted by Gasteiger charge is 2.26. The van der Waals surface area contributed by atoms with E-state index in [0.29, 0.717) is 24.6 Å². The normalized spacial score (nSPS) is 18.6. The molecular formula is C11H14BrN3O3S. The summed E-state index contributed by atoms with van der Waals surface area (Å²) in [5, 5.41) is 11.9. The third-order valence-corrected chi connectivity index (χ3v) is 4.42. The first kappa shape index (κ1) is 14.3. The highest BCUT2D eigenvalue weighted by Crippen LogP contribution is 2.25. The lowest BCUT2D eigenvalue weighted by Gasteiger charge is -2.16. The zero-order valence-electron chi connectivity index (χ0n) is 10.1. The van der Waals surface area contributed by atoms with Gasteiger partial charge in [0.05, 0.1) is 9.98 Å². The molecule has 1 fully saturated rings. The summed E-state index contributed by atoms with van der Waals surface area (Å²) in [5.74, 6) is -0.500. The van der Waals surface area contributed by atoms with E-state index in [4.69, 9.17) is 5.11 Å². The third-order valence-electron chi connectivity index (χ3n) is 3.03. The minimum absolute atomic E-state index is 0.166. The molecule has 2 N–H and O–H groups in total. The van der Waals surface area contributed by atoms with Crippen LogP contribution in [0.2, 0.25) is 0 Å². The average Bonchev–Trinajstić information content (AvgIpc) is 2.95. The maximum atomic E-state index is 12.0. The fourth-order valence-corrected chi connectivity index (χ4v) is 3.16. The Morgan fingerprint density at radius 3 is 3.05 bits per heavy atom. The Kier molecular flexibility index (Phi) is 4.76. The van der Waals surface area contributed by atoms with Crippen molar-refractivity contribution in [2.45, 2.75) is 19.3 Å². The van der Waals surface area contributed by atoms with Gasteiger partial charge in [-0.1, -0.05) is 11.3 Å². The van der Waals surface area contributed by atoms with E-state index in [1.165, 1.54) is 11.3 Å². The maximum Gasteiger partial charge on any atom is 0.323 e. The zero-order chi connectivity index (χ0) is 13.8. The molecule has 0 bridgehead atoms. The molecule has 1 aliphatic heterocycles. The number of halogens is 1. The van der Waals surface area contributed by atoms with Crippen LogP contribution in [-0.2, 0) is 4.79 Å². The number of nitrogens with zero attached hydrogens (tertiary/aromatic N) is 2. The summed E-state index contributed by atoms with van der Waals surface area (Å²) in [5.41, 5.74) is 0. The molecule has 0 aromatic carbocycles. The molecule has 1 aromatic heterocycles. The number of urea groups is 1. The van der Waals surface area contributed by atoms with E-state index in [1.807, 2.05) is 0 Å². The second kappa shape index (κ2) is 6.33. The summed E-state index contributed by atoms with van der Waals surface area (Å²) in [7, 11) is 0. The number of amides is 2. The Morgan fingerprint density at radius 1 is 1.63 bits per heavy atom. The monoisotopic (exact) mass is 347 g/mol. The maximum absolute atomic E-state index is 12.0. The molecule has 2 amide bonds. The van der Waals surface area contributed by atoms with Crippen molar-refractivity contribution in [2.24, 2.45) is 5.92 Å². The van der Waals surface area contributed by atoms with Gasteiger partial charge in [0, 0.05) is 19.5 Å². The fraction of sp³-hybridized carbons (Fsp3) is 0.545. The molecular weight excluding hydrogens is 334 g/mol. The van der Waals surface area contributed by atoms with Gasteiger partial charge in [0.25, 0.3) is 0 Å². The van der Waals surface area contributed by atoms with Gasteiger partial charge < -0.3 is 10.0 Å². The highest BCUT2D eigenvalue weighted by atomic mass is 79.9. The second-order valence-electron chi connectivity index (χ2n) is 4.43. The van der Waals surface area contributed by atoms with Crippen LogP contribution in [0.25, 0.3) is 0 Å².